The third-order valence-electron chi connectivity index (χ3n) is 5.59. The molecule has 1 aliphatic rings. The van der Waals surface area contributed by atoms with E-state index in [1.54, 1.807) is 12.4 Å². The first kappa shape index (κ1) is 20.1. The fraction of sp³-hybridized carbons (Fsp3) is 0.455. The number of amides is 1. The van der Waals surface area contributed by atoms with Crippen LogP contribution in [0, 0.1) is 5.92 Å². The number of hydrogen-bond acceptors (Lipinski definition) is 5. The van der Waals surface area contributed by atoms with E-state index >= 15 is 0 Å². The lowest BCUT2D eigenvalue weighted by Gasteiger charge is -2.31. The van der Waals surface area contributed by atoms with E-state index in [1.807, 2.05) is 24.3 Å². The molecule has 1 aliphatic heterocycles. The molecule has 3 aromatic rings. The Balaban J connectivity index is 1.54. The van der Waals surface area contributed by atoms with Gasteiger partial charge < -0.3 is 10.2 Å². The van der Waals surface area contributed by atoms with Gasteiger partial charge in [0.15, 0.2) is 5.82 Å². The lowest BCUT2D eigenvalue weighted by atomic mass is 10.0. The summed E-state index contributed by atoms with van der Waals surface area (Å²) >= 11 is 0. The average molecular weight is 409 g/mol. The molecule has 1 atom stereocenters. The third-order valence-corrected chi connectivity index (χ3v) is 5.59. The molecule has 0 spiro atoms. The van der Waals surface area contributed by atoms with Gasteiger partial charge in [-0.2, -0.15) is 0 Å². The Kier molecular flexibility index (Phi) is 5.57. The Labute approximate surface area is 175 Å². The summed E-state index contributed by atoms with van der Waals surface area (Å²) in [7, 11) is 0. The maximum atomic E-state index is 12.8. The molecular weight excluding hydrogens is 380 g/mol. The summed E-state index contributed by atoms with van der Waals surface area (Å²) in [6.45, 7) is 8.09. The number of nitrogens with one attached hydrogen (secondary N) is 1. The van der Waals surface area contributed by atoms with Crippen LogP contribution in [-0.4, -0.2) is 38.2 Å². The molecule has 2 aromatic heterocycles. The number of hydrogen-bond donors (Lipinski definition) is 1. The summed E-state index contributed by atoms with van der Waals surface area (Å²) in [5.74, 6) is 1.41. The molecule has 1 saturated heterocycles. The van der Waals surface area contributed by atoms with Gasteiger partial charge in [-0.1, -0.05) is 32.9 Å². The van der Waals surface area contributed by atoms with Gasteiger partial charge in [-0.3, -0.25) is 4.79 Å². The minimum atomic E-state index is -0.344. The van der Waals surface area contributed by atoms with Crippen molar-refractivity contribution < 1.29 is 4.79 Å². The van der Waals surface area contributed by atoms with Crippen molar-refractivity contribution in [2.75, 3.05) is 23.3 Å². The number of benzene rings is 1. The van der Waals surface area contributed by atoms with Crippen LogP contribution in [-0.2, 0) is 11.3 Å². The van der Waals surface area contributed by atoms with Crippen LogP contribution in [0.15, 0.2) is 41.5 Å². The summed E-state index contributed by atoms with van der Waals surface area (Å²) < 4.78 is 2.66. The molecule has 4 rings (SSSR count). The molecular formula is C22H28N6O2. The molecule has 1 aromatic carbocycles. The highest BCUT2D eigenvalue weighted by Crippen LogP contribution is 2.23. The van der Waals surface area contributed by atoms with E-state index in [-0.39, 0.29) is 18.1 Å². The van der Waals surface area contributed by atoms with Crippen LogP contribution in [0.2, 0.25) is 0 Å². The van der Waals surface area contributed by atoms with Crippen LogP contribution in [0.4, 0.5) is 11.5 Å². The fourth-order valence-electron chi connectivity index (χ4n) is 3.93. The molecule has 1 amide bonds. The molecule has 1 fully saturated rings. The van der Waals surface area contributed by atoms with Crippen molar-refractivity contribution in [1.82, 2.24) is 19.2 Å². The van der Waals surface area contributed by atoms with Crippen molar-refractivity contribution in [3.63, 3.8) is 0 Å². The van der Waals surface area contributed by atoms with E-state index in [2.05, 4.69) is 41.1 Å². The quantitative estimate of drug-likeness (QED) is 0.702. The lowest BCUT2D eigenvalue weighted by molar-refractivity contribution is -0.117. The van der Waals surface area contributed by atoms with Crippen LogP contribution in [0.1, 0.15) is 45.1 Å². The molecule has 1 N–H and O–H groups in total. The number of aromatic nitrogens is 4. The Morgan fingerprint density at radius 2 is 2.03 bits per heavy atom. The summed E-state index contributed by atoms with van der Waals surface area (Å²) in [4.78, 5) is 31.9. The van der Waals surface area contributed by atoms with E-state index in [9.17, 15) is 9.59 Å². The second-order valence-corrected chi connectivity index (χ2v) is 8.40. The Morgan fingerprint density at radius 1 is 1.27 bits per heavy atom. The largest absolute Gasteiger partial charge is 0.353 e. The molecule has 8 nitrogen and oxygen atoms in total. The zero-order valence-corrected chi connectivity index (χ0v) is 17.7. The minimum absolute atomic E-state index is 0.151. The second-order valence-electron chi connectivity index (χ2n) is 8.40. The van der Waals surface area contributed by atoms with Crippen LogP contribution < -0.4 is 15.9 Å². The van der Waals surface area contributed by atoms with Crippen molar-refractivity contribution in [2.45, 2.75) is 46.1 Å². The second kappa shape index (κ2) is 8.30. The van der Waals surface area contributed by atoms with Crippen molar-refractivity contribution in [2.24, 2.45) is 5.92 Å². The maximum absolute atomic E-state index is 12.8. The monoisotopic (exact) mass is 408 g/mol. The van der Waals surface area contributed by atoms with Crippen molar-refractivity contribution >= 4 is 23.1 Å². The van der Waals surface area contributed by atoms with E-state index in [0.717, 1.165) is 19.5 Å². The number of fused-ring (bicyclic) bond motifs is 1. The predicted octanol–water partition coefficient (Wildman–Crippen LogP) is 2.89. The summed E-state index contributed by atoms with van der Waals surface area (Å²) in [6, 6.07) is 7.74. The Morgan fingerprint density at radius 3 is 2.73 bits per heavy atom. The van der Waals surface area contributed by atoms with Gasteiger partial charge in [-0.15, -0.1) is 5.10 Å². The number of rotatable bonds is 5. The zero-order valence-electron chi connectivity index (χ0n) is 17.7. The van der Waals surface area contributed by atoms with Crippen molar-refractivity contribution in [3.05, 3.63) is 52.7 Å². The van der Waals surface area contributed by atoms with E-state index in [0.29, 0.717) is 29.0 Å². The van der Waals surface area contributed by atoms with Gasteiger partial charge in [-0.25, -0.2) is 18.9 Å². The van der Waals surface area contributed by atoms with Gasteiger partial charge >= 0.3 is 5.69 Å². The normalized spacial score (nSPS) is 16.9. The SMILES string of the molecule is CC(C)c1ccc(NC(=O)Cn2nc3c(N4CCC[C@@H](C)C4)nccn3c2=O)cc1. The Bertz CT molecular complexity index is 1100. The summed E-state index contributed by atoms with van der Waals surface area (Å²) in [6.07, 6.45) is 5.50. The number of carbonyl (C=O) groups is 1. The summed E-state index contributed by atoms with van der Waals surface area (Å²) in [5.41, 5.74) is 2.05. The summed E-state index contributed by atoms with van der Waals surface area (Å²) in [5, 5.41) is 7.27. The highest BCUT2D eigenvalue weighted by Gasteiger charge is 2.22. The number of carbonyl (C=O) groups excluding carboxylic acids is 1. The first-order valence-corrected chi connectivity index (χ1v) is 10.5. The first-order chi connectivity index (χ1) is 14.4. The standard InChI is InChI=1S/C22H28N6O2/c1-15(2)17-6-8-18(9-7-17)24-19(29)14-28-22(30)27-12-10-23-20(21(27)25-28)26-11-4-5-16(3)13-26/h6-10,12,15-16H,4-5,11,13-14H2,1-3H3,(H,24,29)/t16-/m1/s1. The van der Waals surface area contributed by atoms with Crippen LogP contribution >= 0.6 is 0 Å². The molecule has 0 aliphatic carbocycles. The first-order valence-electron chi connectivity index (χ1n) is 10.5. The number of piperidine rings is 1. The number of nitrogens with zero attached hydrogens (tertiary/aromatic N) is 5. The van der Waals surface area contributed by atoms with Crippen LogP contribution in [0.3, 0.4) is 0 Å². The minimum Gasteiger partial charge on any atom is -0.353 e. The molecule has 0 bridgehead atoms. The zero-order chi connectivity index (χ0) is 21.3. The highest BCUT2D eigenvalue weighted by atomic mass is 16.2. The van der Waals surface area contributed by atoms with Crippen molar-refractivity contribution in [3.8, 4) is 0 Å². The van der Waals surface area contributed by atoms with Gasteiger partial charge in [0.1, 0.15) is 6.54 Å². The molecule has 0 radical (unpaired) electrons. The van der Waals surface area contributed by atoms with Crippen LogP contribution in [0.5, 0.6) is 0 Å². The molecule has 3 heterocycles. The number of anilines is 2. The molecule has 0 saturated carbocycles. The maximum Gasteiger partial charge on any atom is 0.350 e. The predicted molar refractivity (Wildman–Crippen MR) is 117 cm³/mol. The van der Waals surface area contributed by atoms with Crippen LogP contribution in [0.25, 0.3) is 5.65 Å². The molecule has 158 valence electrons. The molecule has 0 unspecified atom stereocenters. The Hall–Kier alpha value is -3.16. The van der Waals surface area contributed by atoms with E-state index in [4.69, 9.17) is 0 Å². The van der Waals surface area contributed by atoms with Gasteiger partial charge in [0.2, 0.25) is 11.6 Å². The van der Waals surface area contributed by atoms with E-state index in [1.165, 1.54) is 21.1 Å². The third kappa shape index (κ3) is 4.08. The van der Waals surface area contributed by atoms with Crippen molar-refractivity contribution in [1.29, 1.82) is 0 Å². The smallest absolute Gasteiger partial charge is 0.350 e. The topological polar surface area (TPSA) is 84.5 Å². The molecule has 8 heteroatoms. The lowest BCUT2D eigenvalue weighted by Crippen LogP contribution is -2.35. The fourth-order valence-corrected chi connectivity index (χ4v) is 3.93. The van der Waals surface area contributed by atoms with Gasteiger partial charge in [-0.05, 0) is 42.4 Å². The highest BCUT2D eigenvalue weighted by molar-refractivity contribution is 5.90. The average Bonchev–Trinajstić information content (AvgIpc) is 3.04. The van der Waals surface area contributed by atoms with Gasteiger partial charge in [0, 0.05) is 31.2 Å². The van der Waals surface area contributed by atoms with E-state index < -0.39 is 0 Å². The van der Waals surface area contributed by atoms with Gasteiger partial charge in [0.05, 0.1) is 0 Å². The van der Waals surface area contributed by atoms with Gasteiger partial charge in [0.25, 0.3) is 0 Å². The molecule has 30 heavy (non-hydrogen) atoms.